The molecule has 1 heterocycles. The lowest BCUT2D eigenvalue weighted by Gasteiger charge is -2.28. The van der Waals surface area contributed by atoms with Gasteiger partial charge in [-0.3, -0.25) is 4.79 Å². The molecule has 0 atom stereocenters. The van der Waals surface area contributed by atoms with Crippen LogP contribution in [0.2, 0.25) is 0 Å². The summed E-state index contributed by atoms with van der Waals surface area (Å²) in [7, 11) is 2.06. The normalized spacial score (nSPS) is 15.7. The molecular formula is C15H22BrN3O. The zero-order valence-corrected chi connectivity index (χ0v) is 13.5. The van der Waals surface area contributed by atoms with Gasteiger partial charge in [0.2, 0.25) is 5.91 Å². The summed E-state index contributed by atoms with van der Waals surface area (Å²) in [4.78, 5) is 16.2. The first kappa shape index (κ1) is 15.5. The van der Waals surface area contributed by atoms with Crippen molar-refractivity contribution in [2.24, 2.45) is 0 Å². The van der Waals surface area contributed by atoms with E-state index in [0.29, 0.717) is 6.42 Å². The molecule has 0 bridgehead atoms. The first-order valence-electron chi connectivity index (χ1n) is 7.07. The molecular weight excluding hydrogens is 318 g/mol. The summed E-state index contributed by atoms with van der Waals surface area (Å²) in [5.41, 5.74) is 1.25. The zero-order chi connectivity index (χ0) is 14.4. The van der Waals surface area contributed by atoms with Crippen molar-refractivity contribution in [2.45, 2.75) is 13.0 Å². The second-order valence-corrected chi connectivity index (χ2v) is 6.06. The van der Waals surface area contributed by atoms with Gasteiger partial charge in [0.1, 0.15) is 0 Å². The molecule has 0 unspecified atom stereocenters. The quantitative estimate of drug-likeness (QED) is 0.886. The standard InChI is InChI=1S/C15H22BrN3O/c1-18(12-13-4-2-3-5-14(13)16)9-6-15(20)19-10-7-17-8-11-19/h2-5,17H,6-12H2,1H3. The van der Waals surface area contributed by atoms with Crippen molar-refractivity contribution >= 4 is 21.8 Å². The maximum absolute atomic E-state index is 12.1. The summed E-state index contributed by atoms with van der Waals surface area (Å²) in [6.07, 6.45) is 0.598. The predicted octanol–water partition coefficient (Wildman–Crippen LogP) is 1.70. The van der Waals surface area contributed by atoms with E-state index in [1.54, 1.807) is 0 Å². The fourth-order valence-corrected chi connectivity index (χ4v) is 2.77. The van der Waals surface area contributed by atoms with Crippen molar-refractivity contribution < 1.29 is 4.79 Å². The summed E-state index contributed by atoms with van der Waals surface area (Å²) in [6.45, 7) is 5.16. The van der Waals surface area contributed by atoms with Gasteiger partial charge in [0, 0.05) is 50.2 Å². The first-order valence-corrected chi connectivity index (χ1v) is 7.86. The molecule has 2 rings (SSSR count). The van der Waals surface area contributed by atoms with Crippen LogP contribution in [0.15, 0.2) is 28.7 Å². The SMILES string of the molecule is CN(CCC(=O)N1CCNCC1)Cc1ccccc1Br. The number of piperazine rings is 1. The lowest BCUT2D eigenvalue weighted by atomic mass is 10.2. The third kappa shape index (κ3) is 4.58. The smallest absolute Gasteiger partial charge is 0.223 e. The zero-order valence-electron chi connectivity index (χ0n) is 11.9. The Balaban J connectivity index is 1.76. The number of benzene rings is 1. The molecule has 20 heavy (non-hydrogen) atoms. The highest BCUT2D eigenvalue weighted by molar-refractivity contribution is 9.10. The van der Waals surface area contributed by atoms with Crippen LogP contribution < -0.4 is 5.32 Å². The molecule has 1 N–H and O–H groups in total. The minimum atomic E-state index is 0.269. The van der Waals surface area contributed by atoms with E-state index >= 15 is 0 Å². The van der Waals surface area contributed by atoms with Crippen molar-refractivity contribution in [3.05, 3.63) is 34.3 Å². The number of hydrogen-bond acceptors (Lipinski definition) is 3. The minimum absolute atomic E-state index is 0.269. The number of nitrogens with one attached hydrogen (secondary N) is 1. The largest absolute Gasteiger partial charge is 0.340 e. The highest BCUT2D eigenvalue weighted by Gasteiger charge is 2.16. The van der Waals surface area contributed by atoms with Crippen LogP contribution in [-0.2, 0) is 11.3 Å². The van der Waals surface area contributed by atoms with Crippen LogP contribution >= 0.6 is 15.9 Å². The van der Waals surface area contributed by atoms with Crippen LogP contribution in [0.5, 0.6) is 0 Å². The molecule has 1 aromatic rings. The lowest BCUT2D eigenvalue weighted by Crippen LogP contribution is -2.47. The van der Waals surface area contributed by atoms with Crippen molar-refractivity contribution in [1.29, 1.82) is 0 Å². The molecule has 5 heteroatoms. The minimum Gasteiger partial charge on any atom is -0.340 e. The van der Waals surface area contributed by atoms with Gasteiger partial charge in [-0.05, 0) is 18.7 Å². The Morgan fingerprint density at radius 3 is 2.75 bits per heavy atom. The van der Waals surface area contributed by atoms with Gasteiger partial charge in [-0.25, -0.2) is 0 Å². The number of carbonyl (C=O) groups is 1. The number of hydrogen-bond donors (Lipinski definition) is 1. The van der Waals surface area contributed by atoms with Crippen LogP contribution in [0.1, 0.15) is 12.0 Å². The van der Waals surface area contributed by atoms with E-state index in [4.69, 9.17) is 0 Å². The van der Waals surface area contributed by atoms with Crippen molar-refractivity contribution in [3.63, 3.8) is 0 Å². The Morgan fingerprint density at radius 1 is 1.35 bits per heavy atom. The molecule has 1 amide bonds. The fourth-order valence-electron chi connectivity index (χ4n) is 2.36. The third-order valence-corrected chi connectivity index (χ3v) is 4.35. The average molecular weight is 340 g/mol. The number of nitrogens with zero attached hydrogens (tertiary/aromatic N) is 2. The van der Waals surface area contributed by atoms with Gasteiger partial charge >= 0.3 is 0 Å². The van der Waals surface area contributed by atoms with Crippen LogP contribution in [0.25, 0.3) is 0 Å². The summed E-state index contributed by atoms with van der Waals surface area (Å²) in [5, 5.41) is 3.26. The topological polar surface area (TPSA) is 35.6 Å². The lowest BCUT2D eigenvalue weighted by molar-refractivity contribution is -0.132. The number of halogens is 1. The van der Waals surface area contributed by atoms with Gasteiger partial charge in [0.25, 0.3) is 0 Å². The van der Waals surface area contributed by atoms with E-state index in [2.05, 4.69) is 45.3 Å². The Kier molecular flexibility index (Phi) is 6.01. The summed E-state index contributed by atoms with van der Waals surface area (Å²) >= 11 is 3.56. The fraction of sp³-hybridized carbons (Fsp3) is 0.533. The molecule has 1 aliphatic rings. The molecule has 110 valence electrons. The average Bonchev–Trinajstić information content (AvgIpc) is 2.48. The highest BCUT2D eigenvalue weighted by atomic mass is 79.9. The molecule has 0 aromatic heterocycles. The molecule has 1 aromatic carbocycles. The summed E-state index contributed by atoms with van der Waals surface area (Å²) in [5.74, 6) is 0.269. The number of amides is 1. The summed E-state index contributed by atoms with van der Waals surface area (Å²) in [6, 6.07) is 8.22. The van der Waals surface area contributed by atoms with Gasteiger partial charge in [0.05, 0.1) is 0 Å². The van der Waals surface area contributed by atoms with Gasteiger partial charge in [-0.15, -0.1) is 0 Å². The van der Waals surface area contributed by atoms with Gasteiger partial charge in [-0.2, -0.15) is 0 Å². The molecule has 1 fully saturated rings. The van der Waals surface area contributed by atoms with Crippen LogP contribution in [-0.4, -0.2) is 55.5 Å². The molecule has 0 aliphatic carbocycles. The molecule has 0 saturated carbocycles. The molecule has 1 aliphatic heterocycles. The van der Waals surface area contributed by atoms with E-state index < -0.39 is 0 Å². The second-order valence-electron chi connectivity index (χ2n) is 5.21. The van der Waals surface area contributed by atoms with Crippen LogP contribution in [0.3, 0.4) is 0 Å². The molecule has 0 spiro atoms. The Bertz CT molecular complexity index is 446. The maximum Gasteiger partial charge on any atom is 0.223 e. The summed E-state index contributed by atoms with van der Waals surface area (Å²) < 4.78 is 1.13. The van der Waals surface area contributed by atoms with Gasteiger partial charge < -0.3 is 15.1 Å². The van der Waals surface area contributed by atoms with E-state index in [-0.39, 0.29) is 5.91 Å². The van der Waals surface area contributed by atoms with Crippen LogP contribution in [0, 0.1) is 0 Å². The van der Waals surface area contributed by atoms with Crippen molar-refractivity contribution in [1.82, 2.24) is 15.1 Å². The van der Waals surface area contributed by atoms with E-state index in [1.807, 2.05) is 17.0 Å². The Morgan fingerprint density at radius 2 is 2.05 bits per heavy atom. The van der Waals surface area contributed by atoms with Crippen LogP contribution in [0.4, 0.5) is 0 Å². The van der Waals surface area contributed by atoms with Crippen molar-refractivity contribution in [2.75, 3.05) is 39.8 Å². The monoisotopic (exact) mass is 339 g/mol. The molecule has 4 nitrogen and oxygen atoms in total. The predicted molar refractivity (Wildman–Crippen MR) is 84.5 cm³/mol. The number of rotatable bonds is 5. The third-order valence-electron chi connectivity index (χ3n) is 3.58. The van der Waals surface area contributed by atoms with Gasteiger partial charge in [-0.1, -0.05) is 34.1 Å². The molecule has 1 saturated heterocycles. The second kappa shape index (κ2) is 7.76. The van der Waals surface area contributed by atoms with E-state index in [1.165, 1.54) is 5.56 Å². The van der Waals surface area contributed by atoms with E-state index in [9.17, 15) is 4.79 Å². The van der Waals surface area contributed by atoms with Gasteiger partial charge in [0.15, 0.2) is 0 Å². The Labute approximate surface area is 129 Å². The van der Waals surface area contributed by atoms with E-state index in [0.717, 1.165) is 43.7 Å². The molecule has 0 radical (unpaired) electrons. The Hall–Kier alpha value is -0.910. The highest BCUT2D eigenvalue weighted by Crippen LogP contribution is 2.17. The first-order chi connectivity index (χ1) is 9.66. The number of carbonyl (C=O) groups excluding carboxylic acids is 1. The maximum atomic E-state index is 12.1. The van der Waals surface area contributed by atoms with Crippen molar-refractivity contribution in [3.8, 4) is 0 Å².